The first-order valence-electron chi connectivity index (χ1n) is 2.59. The minimum atomic E-state index is 0.302. The number of hydrogen-bond acceptors (Lipinski definition) is 2. The molecular formula is C6H7NO2. The van der Waals surface area contributed by atoms with Gasteiger partial charge in [-0.3, -0.25) is 4.79 Å². The second-order valence-electron chi connectivity index (χ2n) is 1.59. The number of carbonyl (C=O) groups excluding carboxylic acids is 1. The smallest absolute Gasteiger partial charge is 0.294 e. The summed E-state index contributed by atoms with van der Waals surface area (Å²) >= 11 is 0. The van der Waals surface area contributed by atoms with E-state index < -0.39 is 0 Å². The summed E-state index contributed by atoms with van der Waals surface area (Å²) in [7, 11) is 0. The molecule has 0 aliphatic carbocycles. The van der Waals surface area contributed by atoms with Gasteiger partial charge in [-0.2, -0.15) is 0 Å². The molecule has 0 aliphatic rings. The Hall–Kier alpha value is -1.25. The molecule has 1 aromatic rings. The molecule has 9 heavy (non-hydrogen) atoms. The van der Waals surface area contributed by atoms with Gasteiger partial charge in [-0.25, -0.2) is 0 Å². The molecule has 0 atom stereocenters. The van der Waals surface area contributed by atoms with Gasteiger partial charge in [0, 0.05) is 12.4 Å². The zero-order valence-electron chi connectivity index (χ0n) is 4.86. The van der Waals surface area contributed by atoms with Crippen LogP contribution < -0.4 is 0 Å². The lowest BCUT2D eigenvalue weighted by Gasteiger charge is -1.97. The normalized spacial score (nSPS) is 8.89. The number of rotatable bonds is 3. The van der Waals surface area contributed by atoms with E-state index in [1.807, 2.05) is 24.5 Å². The van der Waals surface area contributed by atoms with E-state index in [1.54, 1.807) is 4.57 Å². The number of ether oxygens (including phenoxy) is 1. The fraction of sp³-hybridized carbons (Fsp3) is 0.167. The molecule has 0 spiro atoms. The van der Waals surface area contributed by atoms with Gasteiger partial charge in [0.15, 0.2) is 6.73 Å². The monoisotopic (exact) mass is 125 g/mol. The lowest BCUT2D eigenvalue weighted by molar-refractivity contribution is -0.132. The van der Waals surface area contributed by atoms with Crippen LogP contribution >= 0.6 is 0 Å². The Morgan fingerprint density at radius 1 is 1.44 bits per heavy atom. The van der Waals surface area contributed by atoms with Crippen molar-refractivity contribution in [3.8, 4) is 0 Å². The van der Waals surface area contributed by atoms with Gasteiger partial charge in [0.2, 0.25) is 0 Å². The van der Waals surface area contributed by atoms with Gasteiger partial charge in [0.25, 0.3) is 6.47 Å². The fourth-order valence-electron chi connectivity index (χ4n) is 0.573. The third-order valence-electron chi connectivity index (χ3n) is 0.958. The Labute approximate surface area is 52.9 Å². The van der Waals surface area contributed by atoms with Gasteiger partial charge < -0.3 is 9.30 Å². The highest BCUT2D eigenvalue weighted by Crippen LogP contribution is 1.88. The maximum atomic E-state index is 9.66. The van der Waals surface area contributed by atoms with Gasteiger partial charge in [0.05, 0.1) is 0 Å². The van der Waals surface area contributed by atoms with Crippen LogP contribution in [0.15, 0.2) is 24.5 Å². The van der Waals surface area contributed by atoms with Gasteiger partial charge in [0.1, 0.15) is 0 Å². The molecule has 1 heterocycles. The second-order valence-corrected chi connectivity index (χ2v) is 1.59. The molecule has 0 saturated carbocycles. The Morgan fingerprint density at radius 2 is 2.11 bits per heavy atom. The van der Waals surface area contributed by atoms with Crippen molar-refractivity contribution in [1.82, 2.24) is 4.57 Å². The van der Waals surface area contributed by atoms with Crippen LogP contribution in [0.1, 0.15) is 0 Å². The summed E-state index contributed by atoms with van der Waals surface area (Å²) in [6.45, 7) is 0.733. The topological polar surface area (TPSA) is 31.2 Å². The molecule has 0 aliphatic heterocycles. The van der Waals surface area contributed by atoms with Gasteiger partial charge in [-0.1, -0.05) is 0 Å². The predicted molar refractivity (Wildman–Crippen MR) is 31.6 cm³/mol. The van der Waals surface area contributed by atoms with Gasteiger partial charge >= 0.3 is 0 Å². The van der Waals surface area contributed by atoms with Crippen LogP contribution in [-0.4, -0.2) is 11.0 Å². The van der Waals surface area contributed by atoms with E-state index in [9.17, 15) is 4.79 Å². The van der Waals surface area contributed by atoms with Crippen LogP contribution in [0.3, 0.4) is 0 Å². The molecule has 0 fully saturated rings. The third-order valence-corrected chi connectivity index (χ3v) is 0.958. The van der Waals surface area contributed by atoms with Gasteiger partial charge in [-0.05, 0) is 12.1 Å². The fourth-order valence-corrected chi connectivity index (χ4v) is 0.573. The molecule has 1 rings (SSSR count). The lowest BCUT2D eigenvalue weighted by Crippen LogP contribution is -1.96. The summed E-state index contributed by atoms with van der Waals surface area (Å²) in [4.78, 5) is 9.66. The first-order valence-corrected chi connectivity index (χ1v) is 2.59. The second kappa shape index (κ2) is 2.91. The highest BCUT2D eigenvalue weighted by atomic mass is 16.5. The van der Waals surface area contributed by atoms with E-state index >= 15 is 0 Å². The van der Waals surface area contributed by atoms with E-state index in [0.29, 0.717) is 13.2 Å². The largest absolute Gasteiger partial charge is 0.446 e. The molecule has 1 aromatic heterocycles. The third kappa shape index (κ3) is 1.60. The van der Waals surface area contributed by atoms with Crippen LogP contribution in [0, 0.1) is 0 Å². The van der Waals surface area contributed by atoms with Crippen molar-refractivity contribution in [2.45, 2.75) is 6.73 Å². The Morgan fingerprint density at radius 3 is 2.67 bits per heavy atom. The summed E-state index contributed by atoms with van der Waals surface area (Å²) in [5.41, 5.74) is 0. The van der Waals surface area contributed by atoms with Crippen LogP contribution in [-0.2, 0) is 16.3 Å². The van der Waals surface area contributed by atoms with E-state index in [0.717, 1.165) is 0 Å². The minimum absolute atomic E-state index is 0.302. The number of nitrogens with zero attached hydrogens (tertiary/aromatic N) is 1. The summed E-state index contributed by atoms with van der Waals surface area (Å²) in [5, 5.41) is 0. The van der Waals surface area contributed by atoms with Gasteiger partial charge in [-0.15, -0.1) is 0 Å². The van der Waals surface area contributed by atoms with Crippen molar-refractivity contribution in [3.05, 3.63) is 24.5 Å². The van der Waals surface area contributed by atoms with Crippen LogP contribution in [0.2, 0.25) is 0 Å². The Balaban J connectivity index is 2.38. The van der Waals surface area contributed by atoms with Crippen molar-refractivity contribution in [2.24, 2.45) is 0 Å². The number of aromatic nitrogens is 1. The standard InChI is InChI=1S/C6H7NO2/c8-6-9-5-7-3-1-2-4-7/h1-4,6H,5H2. The molecule has 0 saturated heterocycles. The Bertz CT molecular complexity index is 169. The average Bonchev–Trinajstić information content (AvgIpc) is 2.34. The highest BCUT2D eigenvalue weighted by molar-refractivity contribution is 5.36. The molecule has 0 N–H and O–H groups in total. The minimum Gasteiger partial charge on any atom is -0.446 e. The molecule has 0 bridgehead atoms. The SMILES string of the molecule is O=COCn1cccc1. The lowest BCUT2D eigenvalue weighted by atomic mass is 10.7. The molecule has 3 heteroatoms. The molecule has 3 nitrogen and oxygen atoms in total. The molecular weight excluding hydrogens is 118 g/mol. The highest BCUT2D eigenvalue weighted by Gasteiger charge is 1.83. The molecule has 0 radical (unpaired) electrons. The molecule has 0 aromatic carbocycles. The average molecular weight is 125 g/mol. The predicted octanol–water partition coefficient (Wildman–Crippen LogP) is 0.619. The summed E-state index contributed by atoms with van der Waals surface area (Å²) < 4.78 is 6.22. The van der Waals surface area contributed by atoms with Crippen molar-refractivity contribution >= 4 is 6.47 Å². The summed E-state index contributed by atoms with van der Waals surface area (Å²) in [6.07, 6.45) is 3.65. The number of carbonyl (C=O) groups is 1. The van der Waals surface area contributed by atoms with E-state index in [4.69, 9.17) is 0 Å². The maximum absolute atomic E-state index is 9.66. The van der Waals surface area contributed by atoms with Crippen LogP contribution in [0.5, 0.6) is 0 Å². The maximum Gasteiger partial charge on any atom is 0.294 e. The van der Waals surface area contributed by atoms with Crippen molar-refractivity contribution in [2.75, 3.05) is 0 Å². The van der Waals surface area contributed by atoms with Crippen LogP contribution in [0.4, 0.5) is 0 Å². The molecule has 48 valence electrons. The number of hydrogen-bond donors (Lipinski definition) is 0. The Kier molecular flexibility index (Phi) is 1.90. The van der Waals surface area contributed by atoms with E-state index in [-0.39, 0.29) is 0 Å². The first kappa shape index (κ1) is 5.88. The van der Waals surface area contributed by atoms with E-state index in [1.165, 1.54) is 0 Å². The summed E-state index contributed by atoms with van der Waals surface area (Å²) in [5.74, 6) is 0. The zero-order valence-corrected chi connectivity index (χ0v) is 4.86. The molecule has 0 amide bonds. The molecule has 0 unspecified atom stereocenters. The van der Waals surface area contributed by atoms with E-state index in [2.05, 4.69) is 4.74 Å². The van der Waals surface area contributed by atoms with Crippen molar-refractivity contribution < 1.29 is 9.53 Å². The van der Waals surface area contributed by atoms with Crippen LogP contribution in [0.25, 0.3) is 0 Å². The summed E-state index contributed by atoms with van der Waals surface area (Å²) in [6, 6.07) is 3.74. The quantitative estimate of drug-likeness (QED) is 0.554. The first-order chi connectivity index (χ1) is 4.43. The zero-order chi connectivity index (χ0) is 6.53. The van der Waals surface area contributed by atoms with Crippen molar-refractivity contribution in [1.29, 1.82) is 0 Å². The van der Waals surface area contributed by atoms with Crippen molar-refractivity contribution in [3.63, 3.8) is 0 Å².